The summed E-state index contributed by atoms with van der Waals surface area (Å²) >= 11 is 0. The number of hydrogen-bond donors (Lipinski definition) is 1. The van der Waals surface area contributed by atoms with Gasteiger partial charge < -0.3 is 18.9 Å². The zero-order valence-electron chi connectivity index (χ0n) is 20.0. The maximum atomic E-state index is 13.0. The minimum Gasteiger partial charge on any atom is -0.497 e. The maximum absolute atomic E-state index is 13.0. The molecule has 0 spiro atoms. The molecule has 0 radical (unpaired) electrons. The van der Waals surface area contributed by atoms with Crippen LogP contribution in [-0.4, -0.2) is 44.3 Å². The molecule has 0 atom stereocenters. The Balaban J connectivity index is 1.43. The van der Waals surface area contributed by atoms with Crippen LogP contribution in [0.5, 0.6) is 11.5 Å². The Kier molecular flexibility index (Phi) is 6.76. The zero-order valence-corrected chi connectivity index (χ0v) is 20.0. The molecule has 0 saturated carbocycles. The Bertz CT molecular complexity index is 1490. The lowest BCUT2D eigenvalue weighted by Crippen LogP contribution is -2.28. The summed E-state index contributed by atoms with van der Waals surface area (Å²) in [5, 5.41) is 13.2. The molecule has 36 heavy (non-hydrogen) atoms. The molecule has 0 aliphatic heterocycles. The number of furan rings is 1. The Morgan fingerprint density at radius 2 is 1.78 bits per heavy atom. The number of rotatable bonds is 10. The van der Waals surface area contributed by atoms with E-state index >= 15 is 0 Å². The molecule has 0 saturated heterocycles. The van der Waals surface area contributed by atoms with Gasteiger partial charge in [0.1, 0.15) is 23.8 Å². The predicted octanol–water partition coefficient (Wildman–Crippen LogP) is 3.38. The van der Waals surface area contributed by atoms with Crippen molar-refractivity contribution in [2.24, 2.45) is 0 Å². The van der Waals surface area contributed by atoms with E-state index in [0.29, 0.717) is 43.3 Å². The van der Waals surface area contributed by atoms with Crippen LogP contribution in [0.15, 0.2) is 76.1 Å². The highest BCUT2D eigenvalue weighted by Crippen LogP contribution is 2.20. The lowest BCUT2D eigenvalue weighted by molar-refractivity contribution is 0.235. The van der Waals surface area contributed by atoms with Crippen LogP contribution >= 0.6 is 0 Å². The van der Waals surface area contributed by atoms with E-state index < -0.39 is 0 Å². The van der Waals surface area contributed by atoms with Crippen LogP contribution in [0.1, 0.15) is 22.7 Å². The number of nitrogens with zero attached hydrogens (tertiary/aromatic N) is 5. The molecular formula is C26H26N6O4. The standard InChI is InChI=1S/C26H26N6O4/c1-34-21-8-5-18(6-9-21)14-31(17-25-28-29-30-32(25)16-23-4-3-11-36-23)15-20-12-19-7-10-22(35-2)13-24(19)27-26(20)33/h3-13H,14-17H2,1-2H3,(H,27,33). The van der Waals surface area contributed by atoms with Crippen molar-refractivity contribution in [2.45, 2.75) is 26.2 Å². The largest absolute Gasteiger partial charge is 0.497 e. The molecule has 184 valence electrons. The van der Waals surface area contributed by atoms with Gasteiger partial charge in [0.15, 0.2) is 5.82 Å². The van der Waals surface area contributed by atoms with E-state index in [4.69, 9.17) is 13.9 Å². The highest BCUT2D eigenvalue weighted by atomic mass is 16.5. The number of ether oxygens (including phenoxy) is 2. The van der Waals surface area contributed by atoms with Crippen LogP contribution in [0.3, 0.4) is 0 Å². The topological polar surface area (TPSA) is 111 Å². The minimum absolute atomic E-state index is 0.148. The Labute approximate surface area is 207 Å². The summed E-state index contributed by atoms with van der Waals surface area (Å²) in [4.78, 5) is 18.1. The predicted molar refractivity (Wildman–Crippen MR) is 133 cm³/mol. The van der Waals surface area contributed by atoms with E-state index in [-0.39, 0.29) is 5.56 Å². The number of pyridine rings is 1. The van der Waals surface area contributed by atoms with Gasteiger partial charge in [0.25, 0.3) is 5.56 Å². The summed E-state index contributed by atoms with van der Waals surface area (Å²) in [6, 6.07) is 19.1. The minimum atomic E-state index is -0.148. The molecule has 10 nitrogen and oxygen atoms in total. The van der Waals surface area contributed by atoms with E-state index in [9.17, 15) is 4.79 Å². The lowest BCUT2D eigenvalue weighted by Gasteiger charge is -2.22. The summed E-state index contributed by atoms with van der Waals surface area (Å²) in [7, 11) is 3.24. The van der Waals surface area contributed by atoms with Crippen LogP contribution < -0.4 is 15.0 Å². The fourth-order valence-corrected chi connectivity index (χ4v) is 4.08. The van der Waals surface area contributed by atoms with Gasteiger partial charge in [-0.15, -0.1) is 5.10 Å². The van der Waals surface area contributed by atoms with Gasteiger partial charge in [-0.1, -0.05) is 12.1 Å². The molecule has 0 amide bonds. The van der Waals surface area contributed by atoms with Gasteiger partial charge in [-0.3, -0.25) is 9.69 Å². The molecule has 5 aromatic rings. The van der Waals surface area contributed by atoms with Crippen molar-refractivity contribution in [3.63, 3.8) is 0 Å². The molecule has 0 bridgehead atoms. The van der Waals surface area contributed by atoms with E-state index in [1.807, 2.05) is 60.7 Å². The molecular weight excluding hydrogens is 460 g/mol. The van der Waals surface area contributed by atoms with E-state index in [1.165, 1.54) is 0 Å². The summed E-state index contributed by atoms with van der Waals surface area (Å²) in [6.45, 7) is 1.83. The average Bonchev–Trinajstić information content (AvgIpc) is 3.57. The summed E-state index contributed by atoms with van der Waals surface area (Å²) in [6.07, 6.45) is 1.62. The third-order valence-corrected chi connectivity index (χ3v) is 5.95. The van der Waals surface area contributed by atoms with Crippen LogP contribution in [-0.2, 0) is 26.2 Å². The highest BCUT2D eigenvalue weighted by Gasteiger charge is 2.17. The van der Waals surface area contributed by atoms with Crippen LogP contribution in [0.2, 0.25) is 0 Å². The second kappa shape index (κ2) is 10.4. The molecule has 3 aromatic heterocycles. The number of nitrogens with one attached hydrogen (secondary N) is 1. The van der Waals surface area contributed by atoms with Gasteiger partial charge in [0.05, 0.1) is 32.5 Å². The number of aromatic amines is 1. The number of hydrogen-bond acceptors (Lipinski definition) is 8. The van der Waals surface area contributed by atoms with Gasteiger partial charge in [-0.05, 0) is 63.8 Å². The van der Waals surface area contributed by atoms with E-state index in [2.05, 4.69) is 25.4 Å². The van der Waals surface area contributed by atoms with Crippen molar-refractivity contribution in [3.8, 4) is 11.5 Å². The zero-order chi connectivity index (χ0) is 24.9. The highest BCUT2D eigenvalue weighted by molar-refractivity contribution is 5.80. The Morgan fingerprint density at radius 3 is 2.53 bits per heavy atom. The Hall–Kier alpha value is -4.44. The first-order valence-corrected chi connectivity index (χ1v) is 11.4. The van der Waals surface area contributed by atoms with Crippen molar-refractivity contribution in [3.05, 3.63) is 100.0 Å². The van der Waals surface area contributed by atoms with Gasteiger partial charge >= 0.3 is 0 Å². The molecule has 3 heterocycles. The average molecular weight is 487 g/mol. The fraction of sp³-hybridized carbons (Fsp3) is 0.231. The lowest BCUT2D eigenvalue weighted by atomic mass is 10.1. The van der Waals surface area contributed by atoms with E-state index in [1.54, 1.807) is 25.2 Å². The molecule has 0 aliphatic rings. The monoisotopic (exact) mass is 486 g/mol. The third-order valence-electron chi connectivity index (χ3n) is 5.95. The Morgan fingerprint density at radius 1 is 0.972 bits per heavy atom. The molecule has 0 fully saturated rings. The SMILES string of the molecule is COc1ccc(CN(Cc2cc3ccc(OC)cc3[nH]c2=O)Cc2nnnn2Cc2ccco2)cc1. The van der Waals surface area contributed by atoms with Gasteiger partial charge in [-0.25, -0.2) is 4.68 Å². The van der Waals surface area contributed by atoms with Gasteiger partial charge in [0, 0.05) is 24.7 Å². The molecule has 0 aliphatic carbocycles. The van der Waals surface area contributed by atoms with E-state index in [0.717, 1.165) is 28.0 Å². The first-order chi connectivity index (χ1) is 17.6. The van der Waals surface area contributed by atoms with Gasteiger partial charge in [0.2, 0.25) is 0 Å². The molecule has 5 rings (SSSR count). The van der Waals surface area contributed by atoms with Gasteiger partial charge in [-0.2, -0.15) is 0 Å². The number of fused-ring (bicyclic) bond motifs is 1. The van der Waals surface area contributed by atoms with Crippen molar-refractivity contribution < 1.29 is 13.9 Å². The fourth-order valence-electron chi connectivity index (χ4n) is 4.08. The second-order valence-corrected chi connectivity index (χ2v) is 8.40. The number of aromatic nitrogens is 5. The van der Waals surface area contributed by atoms with Crippen LogP contribution in [0, 0.1) is 0 Å². The molecule has 0 unspecified atom stereocenters. The van der Waals surface area contributed by atoms with Crippen molar-refractivity contribution in [1.82, 2.24) is 30.1 Å². The molecule has 2 aromatic carbocycles. The maximum Gasteiger partial charge on any atom is 0.252 e. The first-order valence-electron chi connectivity index (χ1n) is 11.4. The molecule has 1 N–H and O–H groups in total. The quantitative estimate of drug-likeness (QED) is 0.320. The summed E-state index contributed by atoms with van der Waals surface area (Å²) in [5.74, 6) is 2.90. The number of benzene rings is 2. The van der Waals surface area contributed by atoms with Crippen molar-refractivity contribution in [1.29, 1.82) is 0 Å². The number of tetrazole rings is 1. The smallest absolute Gasteiger partial charge is 0.252 e. The number of methoxy groups -OCH3 is 2. The van der Waals surface area contributed by atoms with Crippen molar-refractivity contribution in [2.75, 3.05) is 14.2 Å². The number of H-pyrrole nitrogens is 1. The third kappa shape index (κ3) is 5.28. The first kappa shape index (κ1) is 23.3. The summed E-state index contributed by atoms with van der Waals surface area (Å²) in [5.41, 5.74) is 2.30. The molecule has 10 heteroatoms. The normalized spacial score (nSPS) is 11.3. The second-order valence-electron chi connectivity index (χ2n) is 8.40. The van der Waals surface area contributed by atoms with Crippen LogP contribution in [0.4, 0.5) is 0 Å². The summed E-state index contributed by atoms with van der Waals surface area (Å²) < 4.78 is 17.7. The van der Waals surface area contributed by atoms with Crippen LogP contribution in [0.25, 0.3) is 10.9 Å². The van der Waals surface area contributed by atoms with Crippen molar-refractivity contribution >= 4 is 10.9 Å².